The Hall–Kier alpha value is -2.18. The molecule has 2 amide bonds. The minimum atomic E-state index is -0.820. The highest BCUT2D eigenvalue weighted by molar-refractivity contribution is 6.37. The fourth-order valence-electron chi connectivity index (χ4n) is 2.41. The molecule has 1 heterocycles. The lowest BCUT2D eigenvalue weighted by atomic mass is 9.89. The van der Waals surface area contributed by atoms with E-state index in [4.69, 9.17) is 32.7 Å². The van der Waals surface area contributed by atoms with Crippen LogP contribution in [0.4, 0.5) is 4.79 Å². The van der Waals surface area contributed by atoms with Crippen molar-refractivity contribution in [3.05, 3.63) is 52.7 Å². The van der Waals surface area contributed by atoms with Gasteiger partial charge in [-0.3, -0.25) is 4.79 Å². The number of rotatable bonds is 5. The highest BCUT2D eigenvalue weighted by Gasteiger charge is 2.39. The molecule has 0 aliphatic carbocycles. The van der Waals surface area contributed by atoms with Crippen LogP contribution in [0, 0.1) is 5.92 Å². The number of methoxy groups -OCH3 is 1. The van der Waals surface area contributed by atoms with Crippen LogP contribution in [0.1, 0.15) is 11.6 Å². The van der Waals surface area contributed by atoms with E-state index in [2.05, 4.69) is 23.8 Å². The molecule has 6 nitrogen and oxygen atoms in total. The molecule has 1 saturated heterocycles. The molecule has 0 aromatic heterocycles. The highest BCUT2D eigenvalue weighted by atomic mass is 35.5. The second-order valence-electron chi connectivity index (χ2n) is 5.02. The third kappa shape index (κ3) is 3.66. The fourth-order valence-corrected chi connectivity index (χ4v) is 3.02. The summed E-state index contributed by atoms with van der Waals surface area (Å²) >= 11 is 12.4. The van der Waals surface area contributed by atoms with Gasteiger partial charge >= 0.3 is 12.0 Å². The molecule has 2 N–H and O–H groups in total. The van der Waals surface area contributed by atoms with Gasteiger partial charge in [-0.25, -0.2) is 4.79 Å². The van der Waals surface area contributed by atoms with Crippen molar-refractivity contribution >= 4 is 35.2 Å². The smallest absolute Gasteiger partial charge is 0.319 e. The molecule has 0 unspecified atom stereocenters. The molecule has 8 heteroatoms. The predicted octanol–water partition coefficient (Wildman–Crippen LogP) is 3.22. The van der Waals surface area contributed by atoms with Crippen molar-refractivity contribution in [3.63, 3.8) is 0 Å². The summed E-state index contributed by atoms with van der Waals surface area (Å²) in [6, 6.07) is 1.95. The number of nitrogens with one attached hydrogen (secondary N) is 2. The van der Waals surface area contributed by atoms with Gasteiger partial charge < -0.3 is 20.1 Å². The van der Waals surface area contributed by atoms with Gasteiger partial charge in [-0.05, 0) is 17.7 Å². The molecule has 0 saturated carbocycles. The molecule has 1 aliphatic rings. The lowest BCUT2D eigenvalue weighted by molar-refractivity contribution is -0.145. The number of halogens is 2. The van der Waals surface area contributed by atoms with Crippen LogP contribution in [0.25, 0.3) is 0 Å². The highest BCUT2D eigenvalue weighted by Crippen LogP contribution is 2.39. The molecule has 128 valence electrons. The summed E-state index contributed by atoms with van der Waals surface area (Å²) in [5, 5.41) is 5.63. The summed E-state index contributed by atoms with van der Waals surface area (Å²) in [6.07, 6.45) is 1.56. The fraction of sp³-hybridized carbons (Fsp3) is 0.250. The van der Waals surface area contributed by atoms with E-state index in [0.717, 1.165) is 0 Å². The zero-order valence-corrected chi connectivity index (χ0v) is 14.4. The van der Waals surface area contributed by atoms with Crippen molar-refractivity contribution in [2.24, 2.45) is 5.92 Å². The molecule has 0 radical (unpaired) electrons. The van der Waals surface area contributed by atoms with Gasteiger partial charge in [0.05, 0.1) is 23.2 Å². The Kier molecular flexibility index (Phi) is 5.75. The van der Waals surface area contributed by atoms with Gasteiger partial charge in [-0.1, -0.05) is 42.4 Å². The van der Waals surface area contributed by atoms with Crippen molar-refractivity contribution in [1.29, 1.82) is 0 Å². The topological polar surface area (TPSA) is 76.7 Å². The third-order valence-corrected chi connectivity index (χ3v) is 4.01. The average Bonchev–Trinajstić information content (AvgIpc) is 2.52. The quantitative estimate of drug-likeness (QED) is 0.616. The summed E-state index contributed by atoms with van der Waals surface area (Å²) in [4.78, 5) is 23.8. The maximum absolute atomic E-state index is 12.1. The minimum Gasteiger partial charge on any atom is -0.486 e. The Balaban J connectivity index is 2.43. The van der Waals surface area contributed by atoms with Crippen LogP contribution in [0.5, 0.6) is 5.75 Å². The molecule has 1 fully saturated rings. The molecule has 24 heavy (non-hydrogen) atoms. The first-order valence-electron chi connectivity index (χ1n) is 6.95. The number of carbonyl (C=O) groups excluding carboxylic acids is 2. The summed E-state index contributed by atoms with van der Waals surface area (Å²) < 4.78 is 10.2. The molecular formula is C16H16Cl2N2O4. The first-order chi connectivity index (χ1) is 11.4. The van der Waals surface area contributed by atoms with Crippen LogP contribution in [0.3, 0.4) is 0 Å². The Morgan fingerprint density at radius 2 is 2.00 bits per heavy atom. The number of ether oxygens (including phenoxy) is 2. The molecule has 1 aliphatic heterocycles. The van der Waals surface area contributed by atoms with Gasteiger partial charge in [0.15, 0.2) is 5.75 Å². The molecule has 1 aromatic carbocycles. The summed E-state index contributed by atoms with van der Waals surface area (Å²) in [7, 11) is 1.26. The first kappa shape index (κ1) is 18.2. The second kappa shape index (κ2) is 7.59. The van der Waals surface area contributed by atoms with Gasteiger partial charge in [-0.15, -0.1) is 0 Å². The second-order valence-corrected chi connectivity index (χ2v) is 5.83. The number of hydrogen-bond donors (Lipinski definition) is 2. The summed E-state index contributed by atoms with van der Waals surface area (Å²) in [5.41, 5.74) is 0.761. The zero-order valence-electron chi connectivity index (χ0n) is 12.9. The van der Waals surface area contributed by atoms with E-state index in [-0.39, 0.29) is 22.3 Å². The monoisotopic (exact) mass is 370 g/mol. The van der Waals surface area contributed by atoms with Crippen molar-refractivity contribution in [1.82, 2.24) is 10.6 Å². The molecule has 2 atom stereocenters. The van der Waals surface area contributed by atoms with Gasteiger partial charge in [0.2, 0.25) is 0 Å². The van der Waals surface area contributed by atoms with Gasteiger partial charge in [0, 0.05) is 5.70 Å². The maximum atomic E-state index is 12.1. The normalized spacial score (nSPS) is 20.0. The third-order valence-electron chi connectivity index (χ3n) is 3.45. The van der Waals surface area contributed by atoms with E-state index in [1.54, 1.807) is 18.2 Å². The van der Waals surface area contributed by atoms with Crippen LogP contribution in [-0.2, 0) is 9.53 Å². The molecule has 0 bridgehead atoms. The number of benzene rings is 1. The number of amides is 2. The minimum absolute atomic E-state index is 0.231. The van der Waals surface area contributed by atoms with Crippen LogP contribution in [0.2, 0.25) is 10.0 Å². The van der Waals surface area contributed by atoms with E-state index in [1.165, 1.54) is 7.11 Å². The van der Waals surface area contributed by atoms with E-state index in [1.807, 2.05) is 0 Å². The van der Waals surface area contributed by atoms with Gasteiger partial charge in [-0.2, -0.15) is 0 Å². The Morgan fingerprint density at radius 3 is 2.54 bits per heavy atom. The Morgan fingerprint density at radius 1 is 1.38 bits per heavy atom. The summed E-state index contributed by atoms with van der Waals surface area (Å²) in [5.74, 6) is -1.06. The van der Waals surface area contributed by atoms with Crippen LogP contribution in [-0.4, -0.2) is 25.7 Å². The zero-order chi connectivity index (χ0) is 17.9. The molecule has 2 rings (SSSR count). The number of carbonyl (C=O) groups is 2. The van der Waals surface area contributed by atoms with Crippen LogP contribution in [0.15, 0.2) is 37.1 Å². The van der Waals surface area contributed by atoms with Crippen LogP contribution >= 0.6 is 23.2 Å². The van der Waals surface area contributed by atoms with Crippen molar-refractivity contribution in [2.45, 2.75) is 6.04 Å². The Labute approximate surface area is 149 Å². The van der Waals surface area contributed by atoms with Gasteiger partial charge in [0.25, 0.3) is 0 Å². The molecule has 1 aromatic rings. The number of hydrogen-bond acceptors (Lipinski definition) is 4. The average molecular weight is 371 g/mol. The predicted molar refractivity (Wildman–Crippen MR) is 91.2 cm³/mol. The van der Waals surface area contributed by atoms with E-state index < -0.39 is 24.0 Å². The van der Waals surface area contributed by atoms with E-state index in [9.17, 15) is 9.59 Å². The van der Waals surface area contributed by atoms with Crippen molar-refractivity contribution < 1.29 is 19.1 Å². The summed E-state index contributed by atoms with van der Waals surface area (Å²) in [6.45, 7) is 7.51. The lowest BCUT2D eigenvalue weighted by Gasteiger charge is -2.33. The van der Waals surface area contributed by atoms with Gasteiger partial charge in [0.1, 0.15) is 12.5 Å². The van der Waals surface area contributed by atoms with Crippen molar-refractivity contribution in [3.8, 4) is 5.75 Å². The first-order valence-corrected chi connectivity index (χ1v) is 7.71. The maximum Gasteiger partial charge on any atom is 0.319 e. The number of urea groups is 1. The largest absolute Gasteiger partial charge is 0.486 e. The molecule has 0 spiro atoms. The SMILES string of the molecule is C=CCOc1c(Cl)cc([C@H]2NC(=O)NC(=C)[C@@H]2C(=O)OC)cc1Cl. The number of esters is 1. The van der Waals surface area contributed by atoms with Crippen molar-refractivity contribution in [2.75, 3.05) is 13.7 Å². The van der Waals surface area contributed by atoms with Crippen LogP contribution < -0.4 is 15.4 Å². The molecular weight excluding hydrogens is 355 g/mol. The Bertz CT molecular complexity index is 682. The lowest BCUT2D eigenvalue weighted by Crippen LogP contribution is -2.51. The standard InChI is InChI=1S/C16H16Cl2N2O4/c1-4-5-24-14-10(17)6-9(7-11(14)18)13-12(15(21)23-3)8(2)19-16(22)20-13/h4,6-7,12-13H,1-2,5H2,3H3,(H2,19,20,22)/t12-,13+/m0/s1. The van der Waals surface area contributed by atoms with E-state index in [0.29, 0.717) is 11.3 Å². The van der Waals surface area contributed by atoms with E-state index >= 15 is 0 Å².